The maximum absolute atomic E-state index is 13.3. The van der Waals surface area contributed by atoms with Crippen LogP contribution in [0.1, 0.15) is 5.56 Å². The summed E-state index contributed by atoms with van der Waals surface area (Å²) in [6.45, 7) is 1.90. The van der Waals surface area contributed by atoms with Crippen LogP contribution in [0.2, 0.25) is 5.28 Å². The van der Waals surface area contributed by atoms with E-state index in [1.165, 1.54) is 23.5 Å². The molecule has 0 saturated heterocycles. The molecule has 2 aromatic heterocycles. The summed E-state index contributed by atoms with van der Waals surface area (Å²) in [6.07, 6.45) is 0. The fourth-order valence-corrected chi connectivity index (χ4v) is 2.76. The number of aryl methyl sites for hydroxylation is 1. The number of aromatic nitrogens is 2. The summed E-state index contributed by atoms with van der Waals surface area (Å²) in [5.74, 6) is 0.291. The van der Waals surface area contributed by atoms with E-state index >= 15 is 0 Å². The molecule has 0 radical (unpaired) electrons. The molecule has 0 amide bonds. The Hall–Kier alpha value is -1.72. The third-order valence-electron chi connectivity index (χ3n) is 2.75. The molecule has 0 fully saturated rings. The van der Waals surface area contributed by atoms with Crippen LogP contribution in [0.15, 0.2) is 29.6 Å². The van der Waals surface area contributed by atoms with Crippen molar-refractivity contribution >= 4 is 44.7 Å². The molecular weight excluding hydrogens is 285 g/mol. The molecule has 0 atom stereocenters. The van der Waals surface area contributed by atoms with Gasteiger partial charge in [0.1, 0.15) is 16.5 Å². The van der Waals surface area contributed by atoms with Gasteiger partial charge in [-0.05, 0) is 47.7 Å². The number of nitrogens with zero attached hydrogens (tertiary/aromatic N) is 2. The van der Waals surface area contributed by atoms with E-state index in [4.69, 9.17) is 11.6 Å². The summed E-state index contributed by atoms with van der Waals surface area (Å²) in [4.78, 5) is 9.11. The Bertz CT molecular complexity index is 757. The lowest BCUT2D eigenvalue weighted by Gasteiger charge is -2.10. The monoisotopic (exact) mass is 293 g/mol. The molecule has 96 valence electrons. The zero-order chi connectivity index (χ0) is 13.4. The summed E-state index contributed by atoms with van der Waals surface area (Å²) in [5.41, 5.74) is 1.60. The van der Waals surface area contributed by atoms with Gasteiger partial charge in [0, 0.05) is 5.69 Å². The first kappa shape index (κ1) is 12.3. The van der Waals surface area contributed by atoms with E-state index in [9.17, 15) is 4.39 Å². The van der Waals surface area contributed by atoms with Crippen LogP contribution in [-0.2, 0) is 0 Å². The number of nitrogens with one attached hydrogen (secondary N) is 1. The fourth-order valence-electron chi connectivity index (χ4n) is 1.78. The van der Waals surface area contributed by atoms with Gasteiger partial charge in [-0.25, -0.2) is 9.37 Å². The molecule has 19 heavy (non-hydrogen) atoms. The molecule has 3 rings (SSSR count). The van der Waals surface area contributed by atoms with Gasteiger partial charge in [0.25, 0.3) is 0 Å². The molecule has 0 aliphatic rings. The van der Waals surface area contributed by atoms with Gasteiger partial charge in [0.05, 0.1) is 5.39 Å². The minimum atomic E-state index is -0.296. The summed E-state index contributed by atoms with van der Waals surface area (Å²) >= 11 is 7.37. The average Bonchev–Trinajstić information content (AvgIpc) is 2.82. The predicted molar refractivity (Wildman–Crippen MR) is 76.8 cm³/mol. The van der Waals surface area contributed by atoms with Crippen molar-refractivity contribution in [1.29, 1.82) is 0 Å². The second-order valence-corrected chi connectivity index (χ2v) is 5.30. The molecule has 0 aliphatic carbocycles. The smallest absolute Gasteiger partial charge is 0.225 e. The van der Waals surface area contributed by atoms with Crippen molar-refractivity contribution in [1.82, 2.24) is 9.97 Å². The second-order valence-electron chi connectivity index (χ2n) is 4.06. The molecule has 2 heterocycles. The van der Waals surface area contributed by atoms with Crippen LogP contribution in [0.5, 0.6) is 0 Å². The summed E-state index contributed by atoms with van der Waals surface area (Å²) in [5, 5.41) is 6.08. The van der Waals surface area contributed by atoms with Crippen LogP contribution in [0.25, 0.3) is 10.2 Å². The molecule has 1 aromatic carbocycles. The van der Waals surface area contributed by atoms with Gasteiger partial charge in [-0.3, -0.25) is 0 Å². The highest BCUT2D eigenvalue weighted by Gasteiger charge is 2.09. The van der Waals surface area contributed by atoms with Crippen molar-refractivity contribution in [3.63, 3.8) is 0 Å². The van der Waals surface area contributed by atoms with Crippen molar-refractivity contribution < 1.29 is 4.39 Å². The van der Waals surface area contributed by atoms with Crippen LogP contribution < -0.4 is 5.32 Å². The lowest BCUT2D eigenvalue weighted by atomic mass is 10.2. The molecule has 0 bridgehead atoms. The van der Waals surface area contributed by atoms with Crippen LogP contribution >= 0.6 is 22.9 Å². The third kappa shape index (κ3) is 2.39. The highest BCUT2D eigenvalue weighted by Crippen LogP contribution is 2.29. The topological polar surface area (TPSA) is 37.8 Å². The van der Waals surface area contributed by atoms with Gasteiger partial charge < -0.3 is 5.32 Å². The molecule has 1 N–H and O–H groups in total. The lowest BCUT2D eigenvalue weighted by molar-refractivity contribution is 0.628. The Kier molecular flexibility index (Phi) is 3.08. The van der Waals surface area contributed by atoms with Crippen molar-refractivity contribution in [3.05, 3.63) is 46.3 Å². The van der Waals surface area contributed by atoms with Gasteiger partial charge in [-0.15, -0.1) is 11.3 Å². The number of anilines is 2. The number of fused-ring (bicyclic) bond motifs is 1. The van der Waals surface area contributed by atoms with Gasteiger partial charge in [-0.2, -0.15) is 4.98 Å². The molecule has 0 spiro atoms. The first-order valence-corrected chi connectivity index (χ1v) is 6.83. The van der Waals surface area contributed by atoms with Crippen molar-refractivity contribution in [2.24, 2.45) is 0 Å². The van der Waals surface area contributed by atoms with E-state index < -0.39 is 0 Å². The minimum absolute atomic E-state index is 0.173. The largest absolute Gasteiger partial charge is 0.339 e. The highest BCUT2D eigenvalue weighted by atomic mass is 35.5. The minimum Gasteiger partial charge on any atom is -0.339 e. The van der Waals surface area contributed by atoms with Gasteiger partial charge in [0.15, 0.2) is 0 Å². The van der Waals surface area contributed by atoms with Gasteiger partial charge >= 0.3 is 0 Å². The van der Waals surface area contributed by atoms with Crippen LogP contribution in [0, 0.1) is 12.7 Å². The normalized spacial score (nSPS) is 10.9. The molecule has 0 aliphatic heterocycles. The maximum atomic E-state index is 13.3. The Balaban J connectivity index is 2.10. The van der Waals surface area contributed by atoms with Gasteiger partial charge in [0.2, 0.25) is 5.28 Å². The second kappa shape index (κ2) is 4.75. The lowest BCUT2D eigenvalue weighted by Crippen LogP contribution is -1.98. The van der Waals surface area contributed by atoms with Crippen molar-refractivity contribution in [2.75, 3.05) is 5.32 Å². The number of thiophene rings is 1. The number of hydrogen-bond donors (Lipinski definition) is 1. The zero-order valence-corrected chi connectivity index (χ0v) is 11.5. The molecule has 0 unspecified atom stereocenters. The molecule has 3 nitrogen and oxygen atoms in total. The van der Waals surface area contributed by atoms with E-state index in [0.717, 1.165) is 15.8 Å². The molecule has 6 heteroatoms. The first-order valence-electron chi connectivity index (χ1n) is 5.57. The van der Waals surface area contributed by atoms with Gasteiger partial charge in [-0.1, -0.05) is 6.07 Å². The quantitative estimate of drug-likeness (QED) is 0.705. The Morgan fingerprint density at radius 3 is 2.95 bits per heavy atom. The Morgan fingerprint density at radius 2 is 2.11 bits per heavy atom. The average molecular weight is 294 g/mol. The van der Waals surface area contributed by atoms with E-state index in [2.05, 4.69) is 15.3 Å². The SMILES string of the molecule is Cc1ccc(F)cc1Nc1nc(Cl)nc2sccc12. The van der Waals surface area contributed by atoms with Crippen LogP contribution in [-0.4, -0.2) is 9.97 Å². The molecule has 0 saturated carbocycles. The molecular formula is C13H9ClFN3S. The Morgan fingerprint density at radius 1 is 1.26 bits per heavy atom. The van der Waals surface area contributed by atoms with E-state index in [1.807, 2.05) is 18.4 Å². The Labute approximate surface area is 118 Å². The highest BCUT2D eigenvalue weighted by molar-refractivity contribution is 7.16. The number of halogens is 2. The summed E-state index contributed by atoms with van der Waals surface area (Å²) < 4.78 is 13.3. The number of hydrogen-bond acceptors (Lipinski definition) is 4. The summed E-state index contributed by atoms with van der Waals surface area (Å²) in [6, 6.07) is 6.48. The van der Waals surface area contributed by atoms with E-state index in [1.54, 1.807) is 6.07 Å². The maximum Gasteiger partial charge on any atom is 0.225 e. The molecule has 3 aromatic rings. The van der Waals surface area contributed by atoms with E-state index in [0.29, 0.717) is 11.5 Å². The van der Waals surface area contributed by atoms with Crippen LogP contribution in [0.3, 0.4) is 0 Å². The number of rotatable bonds is 2. The van der Waals surface area contributed by atoms with Crippen molar-refractivity contribution in [2.45, 2.75) is 6.92 Å². The standard InChI is InChI=1S/C13H9ClFN3S/c1-7-2-3-8(15)6-10(7)16-11-9-4-5-19-12(9)18-13(14)17-11/h2-6H,1H3,(H,16,17,18). The van der Waals surface area contributed by atoms with Crippen LogP contribution in [0.4, 0.5) is 15.9 Å². The fraction of sp³-hybridized carbons (Fsp3) is 0.0769. The first-order chi connectivity index (χ1) is 9.13. The van der Waals surface area contributed by atoms with Crippen molar-refractivity contribution in [3.8, 4) is 0 Å². The van der Waals surface area contributed by atoms with E-state index in [-0.39, 0.29) is 11.1 Å². The predicted octanol–water partition coefficient (Wildman–Crippen LogP) is 4.54. The zero-order valence-electron chi connectivity index (χ0n) is 9.95. The third-order valence-corrected chi connectivity index (χ3v) is 3.73. The summed E-state index contributed by atoms with van der Waals surface area (Å²) in [7, 11) is 0. The number of benzene rings is 1.